The molecule has 20 heavy (non-hydrogen) atoms. The predicted molar refractivity (Wildman–Crippen MR) is 62.5 cm³/mol. The molecule has 1 fully saturated rings. The molecule has 0 bridgehead atoms. The lowest BCUT2D eigenvalue weighted by Gasteiger charge is -2.18. The first-order valence-corrected chi connectivity index (χ1v) is 5.99. The van der Waals surface area contributed by atoms with Crippen LogP contribution in [0.3, 0.4) is 0 Å². The molecule has 110 valence electrons. The molecular weight excluding hydrogens is 278 g/mol. The van der Waals surface area contributed by atoms with Crippen molar-refractivity contribution in [2.75, 3.05) is 20.2 Å². The Morgan fingerprint density at radius 3 is 2.65 bits per heavy atom. The van der Waals surface area contributed by atoms with Gasteiger partial charge >= 0.3 is 12.1 Å². The Hall–Kier alpha value is -1.63. The standard InChI is InChI=1S/C13H13F4NO2/c1-20-12(19)9-6-18-5-8(9)7-2-3-11(14)10(4-7)13(15,16)17/h2-4,8-9,18H,5-6H2,1H3. The van der Waals surface area contributed by atoms with Crippen LogP contribution >= 0.6 is 0 Å². The van der Waals surface area contributed by atoms with Gasteiger partial charge in [-0.25, -0.2) is 4.39 Å². The van der Waals surface area contributed by atoms with E-state index < -0.39 is 35.4 Å². The molecule has 1 N–H and O–H groups in total. The molecule has 0 radical (unpaired) electrons. The number of nitrogens with one attached hydrogen (secondary N) is 1. The van der Waals surface area contributed by atoms with Gasteiger partial charge in [-0.2, -0.15) is 13.2 Å². The molecular formula is C13H13F4NO2. The van der Waals surface area contributed by atoms with Crippen LogP contribution in [0, 0.1) is 11.7 Å². The highest BCUT2D eigenvalue weighted by molar-refractivity contribution is 5.74. The minimum absolute atomic E-state index is 0.277. The quantitative estimate of drug-likeness (QED) is 0.671. The molecule has 2 atom stereocenters. The van der Waals surface area contributed by atoms with E-state index in [0.29, 0.717) is 13.1 Å². The summed E-state index contributed by atoms with van der Waals surface area (Å²) in [7, 11) is 1.23. The Morgan fingerprint density at radius 1 is 1.35 bits per heavy atom. The van der Waals surface area contributed by atoms with E-state index in [1.165, 1.54) is 13.2 Å². The fourth-order valence-electron chi connectivity index (χ4n) is 2.42. The molecule has 1 aromatic carbocycles. The minimum atomic E-state index is -4.76. The van der Waals surface area contributed by atoms with Crippen LogP contribution < -0.4 is 5.32 Å². The number of alkyl halides is 3. The smallest absolute Gasteiger partial charge is 0.419 e. The lowest BCUT2D eigenvalue weighted by atomic mass is 9.88. The largest absolute Gasteiger partial charge is 0.469 e. The zero-order valence-corrected chi connectivity index (χ0v) is 10.6. The molecule has 3 nitrogen and oxygen atoms in total. The third-order valence-electron chi connectivity index (χ3n) is 3.44. The van der Waals surface area contributed by atoms with Crippen LogP contribution in [0.1, 0.15) is 17.0 Å². The number of carbonyl (C=O) groups excluding carboxylic acids is 1. The van der Waals surface area contributed by atoms with E-state index in [4.69, 9.17) is 0 Å². The van der Waals surface area contributed by atoms with Gasteiger partial charge in [0.1, 0.15) is 5.82 Å². The molecule has 1 aliphatic rings. The number of hydrogen-bond donors (Lipinski definition) is 1. The number of rotatable bonds is 2. The molecule has 0 spiro atoms. The van der Waals surface area contributed by atoms with Crippen molar-refractivity contribution < 1.29 is 27.1 Å². The fraction of sp³-hybridized carbons (Fsp3) is 0.462. The molecule has 2 unspecified atom stereocenters. The summed E-state index contributed by atoms with van der Waals surface area (Å²) in [5, 5.41) is 2.93. The molecule has 2 rings (SSSR count). The predicted octanol–water partition coefficient (Wildman–Crippen LogP) is 2.32. The van der Waals surface area contributed by atoms with Gasteiger partial charge < -0.3 is 10.1 Å². The lowest BCUT2D eigenvalue weighted by Crippen LogP contribution is -2.23. The van der Waals surface area contributed by atoms with Crippen LogP contribution in [0.2, 0.25) is 0 Å². The van der Waals surface area contributed by atoms with Crippen LogP contribution in [0.4, 0.5) is 17.6 Å². The SMILES string of the molecule is COC(=O)C1CNCC1c1ccc(F)c(C(F)(F)F)c1. The molecule has 0 aliphatic carbocycles. The van der Waals surface area contributed by atoms with Gasteiger partial charge in [-0.05, 0) is 17.7 Å². The summed E-state index contributed by atoms with van der Waals surface area (Å²) in [6.07, 6.45) is -4.76. The van der Waals surface area contributed by atoms with Gasteiger partial charge in [0.2, 0.25) is 0 Å². The first-order chi connectivity index (χ1) is 9.34. The van der Waals surface area contributed by atoms with Crippen LogP contribution in [0.5, 0.6) is 0 Å². The van der Waals surface area contributed by atoms with E-state index in [1.807, 2.05) is 0 Å². The van der Waals surface area contributed by atoms with Crippen molar-refractivity contribution in [1.82, 2.24) is 5.32 Å². The summed E-state index contributed by atoms with van der Waals surface area (Å²) in [6, 6.07) is 2.83. The highest BCUT2D eigenvalue weighted by Crippen LogP contribution is 2.36. The lowest BCUT2D eigenvalue weighted by molar-refractivity contribution is -0.145. The molecule has 7 heteroatoms. The monoisotopic (exact) mass is 291 g/mol. The molecule has 0 aromatic heterocycles. The summed E-state index contributed by atoms with van der Waals surface area (Å²) in [5.74, 6) is -2.82. The van der Waals surface area contributed by atoms with Crippen molar-refractivity contribution in [3.63, 3.8) is 0 Å². The van der Waals surface area contributed by atoms with Crippen LogP contribution in [-0.2, 0) is 15.7 Å². The van der Waals surface area contributed by atoms with Gasteiger partial charge in [-0.1, -0.05) is 6.07 Å². The number of halogens is 4. The maximum absolute atomic E-state index is 13.2. The van der Waals surface area contributed by atoms with Gasteiger partial charge in [0.25, 0.3) is 0 Å². The van der Waals surface area contributed by atoms with Crippen molar-refractivity contribution in [3.05, 3.63) is 35.1 Å². The summed E-state index contributed by atoms with van der Waals surface area (Å²) in [6.45, 7) is 0.679. The Morgan fingerprint density at radius 2 is 2.05 bits per heavy atom. The van der Waals surface area contributed by atoms with E-state index in [1.54, 1.807) is 0 Å². The first-order valence-electron chi connectivity index (χ1n) is 5.99. The third kappa shape index (κ3) is 2.77. The molecule has 0 amide bonds. The normalized spacial score (nSPS) is 22.9. The van der Waals surface area contributed by atoms with E-state index in [9.17, 15) is 22.4 Å². The van der Waals surface area contributed by atoms with Gasteiger partial charge in [-0.3, -0.25) is 4.79 Å². The number of benzene rings is 1. The summed E-state index contributed by atoms with van der Waals surface area (Å²) < 4.78 is 55.9. The van der Waals surface area contributed by atoms with E-state index in [-0.39, 0.29) is 5.56 Å². The fourth-order valence-corrected chi connectivity index (χ4v) is 2.42. The van der Waals surface area contributed by atoms with Crippen molar-refractivity contribution in [2.24, 2.45) is 5.92 Å². The van der Waals surface area contributed by atoms with E-state index in [2.05, 4.69) is 10.1 Å². The highest BCUT2D eigenvalue weighted by Gasteiger charge is 2.38. The zero-order chi connectivity index (χ0) is 14.9. The van der Waals surface area contributed by atoms with Gasteiger partial charge in [0.05, 0.1) is 18.6 Å². The third-order valence-corrected chi connectivity index (χ3v) is 3.44. The van der Waals surface area contributed by atoms with E-state index in [0.717, 1.165) is 12.1 Å². The molecule has 0 saturated carbocycles. The van der Waals surface area contributed by atoms with Crippen molar-refractivity contribution >= 4 is 5.97 Å². The Labute approximate surface area is 112 Å². The van der Waals surface area contributed by atoms with Gasteiger partial charge in [-0.15, -0.1) is 0 Å². The Balaban J connectivity index is 2.36. The second-order valence-corrected chi connectivity index (χ2v) is 4.63. The number of ether oxygens (including phenoxy) is 1. The highest BCUT2D eigenvalue weighted by atomic mass is 19.4. The molecule has 1 aromatic rings. The second kappa shape index (κ2) is 5.40. The Kier molecular flexibility index (Phi) is 3.99. The Bertz CT molecular complexity index is 516. The minimum Gasteiger partial charge on any atom is -0.469 e. The molecule has 1 saturated heterocycles. The van der Waals surface area contributed by atoms with Crippen molar-refractivity contribution in [1.29, 1.82) is 0 Å². The van der Waals surface area contributed by atoms with Crippen LogP contribution in [0.15, 0.2) is 18.2 Å². The summed E-state index contributed by atoms with van der Waals surface area (Å²) in [5.41, 5.74) is -1.04. The second-order valence-electron chi connectivity index (χ2n) is 4.63. The topological polar surface area (TPSA) is 38.3 Å². The molecule has 1 aliphatic heterocycles. The summed E-state index contributed by atoms with van der Waals surface area (Å²) >= 11 is 0. The number of esters is 1. The first kappa shape index (κ1) is 14.8. The van der Waals surface area contributed by atoms with Gasteiger partial charge in [0, 0.05) is 19.0 Å². The summed E-state index contributed by atoms with van der Waals surface area (Å²) in [4.78, 5) is 11.6. The number of carbonyl (C=O) groups is 1. The zero-order valence-electron chi connectivity index (χ0n) is 10.6. The number of methoxy groups -OCH3 is 1. The van der Waals surface area contributed by atoms with Crippen LogP contribution in [-0.4, -0.2) is 26.2 Å². The van der Waals surface area contributed by atoms with E-state index >= 15 is 0 Å². The van der Waals surface area contributed by atoms with Crippen molar-refractivity contribution in [2.45, 2.75) is 12.1 Å². The van der Waals surface area contributed by atoms with Crippen LogP contribution in [0.25, 0.3) is 0 Å². The number of hydrogen-bond acceptors (Lipinski definition) is 3. The molecule has 1 heterocycles. The maximum Gasteiger partial charge on any atom is 0.419 e. The van der Waals surface area contributed by atoms with Crippen molar-refractivity contribution in [3.8, 4) is 0 Å². The van der Waals surface area contributed by atoms with Gasteiger partial charge in [0.15, 0.2) is 0 Å². The maximum atomic E-state index is 13.2. The average Bonchev–Trinajstić information content (AvgIpc) is 2.86. The average molecular weight is 291 g/mol.